The third-order valence-corrected chi connectivity index (χ3v) is 4.90. The molecule has 0 fully saturated rings. The fourth-order valence-electron chi connectivity index (χ4n) is 1.87. The van der Waals surface area contributed by atoms with E-state index in [4.69, 9.17) is 0 Å². The molecule has 22 heavy (non-hydrogen) atoms. The van der Waals surface area contributed by atoms with E-state index in [0.29, 0.717) is 12.3 Å². The molecule has 2 heterocycles. The zero-order valence-corrected chi connectivity index (χ0v) is 14.7. The third-order valence-electron chi connectivity index (χ3n) is 3.01. The van der Waals surface area contributed by atoms with E-state index in [2.05, 4.69) is 20.4 Å². The molecule has 0 radical (unpaired) electrons. The van der Waals surface area contributed by atoms with Crippen molar-refractivity contribution in [1.29, 1.82) is 0 Å². The van der Waals surface area contributed by atoms with Crippen LogP contribution < -0.4 is 5.32 Å². The highest BCUT2D eigenvalue weighted by Crippen LogP contribution is 2.25. The average molecular weight is 339 g/mol. The Morgan fingerprint density at radius 3 is 2.95 bits per heavy atom. The number of nitrogens with one attached hydrogen (secondary N) is 1. The van der Waals surface area contributed by atoms with Crippen molar-refractivity contribution < 1.29 is 4.79 Å². The topological polar surface area (TPSA) is 63.1 Å². The summed E-state index contributed by atoms with van der Waals surface area (Å²) in [7, 11) is 5.97. The minimum absolute atomic E-state index is 0.0319. The van der Waals surface area contributed by atoms with Gasteiger partial charge < -0.3 is 14.8 Å². The summed E-state index contributed by atoms with van der Waals surface area (Å²) in [4.78, 5) is 15.0. The Kier molecular flexibility index (Phi) is 6.41. The van der Waals surface area contributed by atoms with Gasteiger partial charge in [0.1, 0.15) is 0 Å². The van der Waals surface area contributed by atoms with Crippen molar-refractivity contribution in [3.8, 4) is 10.7 Å². The van der Waals surface area contributed by atoms with Gasteiger partial charge in [0.15, 0.2) is 11.0 Å². The lowest BCUT2D eigenvalue weighted by Gasteiger charge is -2.09. The molecule has 0 unspecified atom stereocenters. The number of aromatic nitrogens is 3. The molecule has 0 aliphatic carbocycles. The smallest absolute Gasteiger partial charge is 0.230 e. The molecule has 6 nitrogen and oxygen atoms in total. The van der Waals surface area contributed by atoms with E-state index in [1.165, 1.54) is 11.8 Å². The van der Waals surface area contributed by atoms with Crippen molar-refractivity contribution in [3.63, 3.8) is 0 Å². The Hall–Kier alpha value is -1.38. The van der Waals surface area contributed by atoms with Crippen LogP contribution in [0.1, 0.15) is 6.42 Å². The highest BCUT2D eigenvalue weighted by atomic mass is 32.2. The molecule has 0 saturated carbocycles. The number of carbonyl (C=O) groups excluding carboxylic acids is 1. The van der Waals surface area contributed by atoms with Gasteiger partial charge in [0.2, 0.25) is 5.91 Å². The monoisotopic (exact) mass is 339 g/mol. The van der Waals surface area contributed by atoms with Crippen LogP contribution in [0.5, 0.6) is 0 Å². The molecule has 1 amide bonds. The summed E-state index contributed by atoms with van der Waals surface area (Å²) in [6.07, 6.45) is 0.954. The minimum Gasteiger partial charge on any atom is -0.355 e. The number of hydrogen-bond acceptors (Lipinski definition) is 6. The summed E-state index contributed by atoms with van der Waals surface area (Å²) in [6, 6.07) is 4.00. The standard InChI is InChI=1S/C14H21N5OS2/c1-18(2)8-5-7-15-12(20)10-22-14-17-16-13(19(14)3)11-6-4-9-21-11/h4,6,9H,5,7-8,10H2,1-3H3,(H,15,20). The van der Waals surface area contributed by atoms with Crippen LogP contribution in [0.25, 0.3) is 10.7 Å². The van der Waals surface area contributed by atoms with Crippen LogP contribution in [0.2, 0.25) is 0 Å². The van der Waals surface area contributed by atoms with Gasteiger partial charge in [-0.05, 0) is 38.5 Å². The normalized spacial score (nSPS) is 11.1. The van der Waals surface area contributed by atoms with Crippen molar-refractivity contribution in [2.75, 3.05) is 32.9 Å². The van der Waals surface area contributed by atoms with Gasteiger partial charge in [-0.15, -0.1) is 21.5 Å². The van der Waals surface area contributed by atoms with E-state index in [1.807, 2.05) is 43.2 Å². The highest BCUT2D eigenvalue weighted by Gasteiger charge is 2.13. The van der Waals surface area contributed by atoms with Crippen molar-refractivity contribution in [3.05, 3.63) is 17.5 Å². The van der Waals surface area contributed by atoms with Gasteiger partial charge in [-0.25, -0.2) is 0 Å². The van der Waals surface area contributed by atoms with Gasteiger partial charge in [-0.2, -0.15) is 0 Å². The van der Waals surface area contributed by atoms with Crippen LogP contribution >= 0.6 is 23.1 Å². The number of thioether (sulfide) groups is 1. The van der Waals surface area contributed by atoms with Crippen molar-refractivity contribution in [1.82, 2.24) is 25.0 Å². The van der Waals surface area contributed by atoms with E-state index in [-0.39, 0.29) is 5.91 Å². The Morgan fingerprint density at radius 1 is 1.45 bits per heavy atom. The molecule has 0 saturated heterocycles. The summed E-state index contributed by atoms with van der Waals surface area (Å²) < 4.78 is 1.93. The molecule has 1 N–H and O–H groups in total. The Balaban J connectivity index is 1.79. The third kappa shape index (κ3) is 4.82. The van der Waals surface area contributed by atoms with Crippen LogP contribution in [-0.4, -0.2) is 58.5 Å². The maximum atomic E-state index is 11.8. The fourth-order valence-corrected chi connectivity index (χ4v) is 3.35. The maximum Gasteiger partial charge on any atom is 0.230 e. The van der Waals surface area contributed by atoms with E-state index in [0.717, 1.165) is 28.8 Å². The fraction of sp³-hybridized carbons (Fsp3) is 0.500. The minimum atomic E-state index is 0.0319. The van der Waals surface area contributed by atoms with Crippen LogP contribution in [0, 0.1) is 0 Å². The van der Waals surface area contributed by atoms with Crippen molar-refractivity contribution in [2.45, 2.75) is 11.6 Å². The Morgan fingerprint density at radius 2 is 2.27 bits per heavy atom. The van der Waals surface area contributed by atoms with E-state index >= 15 is 0 Å². The quantitative estimate of drug-likeness (QED) is 0.586. The second-order valence-electron chi connectivity index (χ2n) is 5.14. The Labute approximate surface area is 138 Å². The van der Waals surface area contributed by atoms with Gasteiger partial charge >= 0.3 is 0 Å². The van der Waals surface area contributed by atoms with Crippen molar-refractivity contribution >= 4 is 29.0 Å². The predicted octanol–water partition coefficient (Wildman–Crippen LogP) is 1.70. The molecular formula is C14H21N5OS2. The summed E-state index contributed by atoms with van der Waals surface area (Å²) in [6.45, 7) is 1.68. The molecule has 0 spiro atoms. The summed E-state index contributed by atoms with van der Waals surface area (Å²) in [5.74, 6) is 1.23. The van der Waals surface area contributed by atoms with Gasteiger partial charge in [-0.1, -0.05) is 17.8 Å². The average Bonchev–Trinajstić information content (AvgIpc) is 3.11. The number of nitrogens with zero attached hydrogens (tertiary/aromatic N) is 4. The number of hydrogen-bond donors (Lipinski definition) is 1. The summed E-state index contributed by atoms with van der Waals surface area (Å²) in [5.41, 5.74) is 0. The second kappa shape index (κ2) is 8.30. The molecular weight excluding hydrogens is 318 g/mol. The molecule has 2 aromatic rings. The Bertz CT molecular complexity index is 594. The van der Waals surface area contributed by atoms with E-state index in [1.54, 1.807) is 11.3 Å². The zero-order chi connectivity index (χ0) is 15.9. The number of thiophene rings is 1. The molecule has 0 aliphatic heterocycles. The molecule has 2 rings (SSSR count). The first-order valence-electron chi connectivity index (χ1n) is 7.05. The van der Waals surface area contributed by atoms with Crippen LogP contribution in [0.15, 0.2) is 22.7 Å². The maximum absolute atomic E-state index is 11.8. The zero-order valence-electron chi connectivity index (χ0n) is 13.1. The SMILES string of the molecule is CN(C)CCCNC(=O)CSc1nnc(-c2cccs2)n1C. The van der Waals surface area contributed by atoms with E-state index < -0.39 is 0 Å². The van der Waals surface area contributed by atoms with Gasteiger partial charge in [0.05, 0.1) is 10.6 Å². The van der Waals surface area contributed by atoms with Crippen LogP contribution in [-0.2, 0) is 11.8 Å². The molecule has 120 valence electrons. The first kappa shape index (κ1) is 17.0. The molecule has 0 aliphatic rings. The molecule has 8 heteroatoms. The summed E-state index contributed by atoms with van der Waals surface area (Å²) >= 11 is 3.04. The molecule has 2 aromatic heterocycles. The number of amides is 1. The number of rotatable bonds is 8. The molecule has 0 aromatic carbocycles. The van der Waals surface area contributed by atoms with Crippen LogP contribution in [0.4, 0.5) is 0 Å². The first-order valence-corrected chi connectivity index (χ1v) is 8.92. The van der Waals surface area contributed by atoms with Crippen LogP contribution in [0.3, 0.4) is 0 Å². The lowest BCUT2D eigenvalue weighted by molar-refractivity contribution is -0.118. The lowest BCUT2D eigenvalue weighted by Crippen LogP contribution is -2.28. The predicted molar refractivity (Wildman–Crippen MR) is 91.2 cm³/mol. The second-order valence-corrected chi connectivity index (χ2v) is 7.03. The van der Waals surface area contributed by atoms with Gasteiger partial charge in [0, 0.05) is 13.6 Å². The lowest BCUT2D eigenvalue weighted by atomic mass is 10.4. The largest absolute Gasteiger partial charge is 0.355 e. The number of carbonyl (C=O) groups is 1. The highest BCUT2D eigenvalue weighted by molar-refractivity contribution is 7.99. The molecule has 0 bridgehead atoms. The molecule has 0 atom stereocenters. The van der Waals surface area contributed by atoms with E-state index in [9.17, 15) is 4.79 Å². The van der Waals surface area contributed by atoms with Crippen molar-refractivity contribution in [2.24, 2.45) is 7.05 Å². The summed E-state index contributed by atoms with van der Waals surface area (Å²) in [5, 5.41) is 14.0. The first-order chi connectivity index (χ1) is 10.6. The van der Waals surface area contributed by atoms with Gasteiger partial charge in [-0.3, -0.25) is 4.79 Å². The van der Waals surface area contributed by atoms with Gasteiger partial charge in [0.25, 0.3) is 0 Å².